The third-order valence-electron chi connectivity index (χ3n) is 3.71. The minimum atomic E-state index is 0.449. The maximum Gasteiger partial charge on any atom is 0.178 e. The van der Waals surface area contributed by atoms with Crippen LogP contribution in [0.4, 0.5) is 0 Å². The van der Waals surface area contributed by atoms with Crippen molar-refractivity contribution in [3.63, 3.8) is 0 Å². The van der Waals surface area contributed by atoms with E-state index in [1.165, 1.54) is 5.56 Å². The molecule has 0 radical (unpaired) electrons. The van der Waals surface area contributed by atoms with Crippen LogP contribution in [0.2, 0.25) is 0 Å². The molecule has 0 atom stereocenters. The Morgan fingerprint density at radius 1 is 1.21 bits per heavy atom. The number of aryl methyl sites for hydroxylation is 1. The summed E-state index contributed by atoms with van der Waals surface area (Å²) in [6.45, 7) is 4.24. The van der Waals surface area contributed by atoms with Crippen LogP contribution in [0.15, 0.2) is 24.3 Å². The van der Waals surface area contributed by atoms with Crippen molar-refractivity contribution in [2.75, 3.05) is 13.1 Å². The smallest absolute Gasteiger partial charge is 0.178 e. The van der Waals surface area contributed by atoms with Gasteiger partial charge in [0.05, 0.1) is 5.69 Å². The number of hydrogen-bond donors (Lipinski definition) is 1. The highest BCUT2D eigenvalue weighted by molar-refractivity contribution is 5.32. The van der Waals surface area contributed by atoms with Gasteiger partial charge in [-0.15, -0.1) is 15.0 Å². The highest BCUT2D eigenvalue weighted by Gasteiger charge is 2.20. The number of hydrogen-bond acceptors (Lipinski definition) is 4. The molecule has 1 saturated heterocycles. The van der Waals surface area contributed by atoms with Gasteiger partial charge in [0.1, 0.15) is 0 Å². The molecule has 19 heavy (non-hydrogen) atoms. The second-order valence-corrected chi connectivity index (χ2v) is 4.98. The lowest BCUT2D eigenvalue weighted by atomic mass is 9.98. The van der Waals surface area contributed by atoms with E-state index >= 15 is 0 Å². The number of nitrogens with zero attached hydrogens (tertiary/aromatic N) is 4. The zero-order valence-electron chi connectivity index (χ0n) is 11.2. The van der Waals surface area contributed by atoms with Crippen molar-refractivity contribution in [1.29, 1.82) is 0 Å². The molecule has 5 heteroatoms. The number of rotatable bonds is 3. The Morgan fingerprint density at radius 3 is 2.63 bits per heavy atom. The molecule has 1 fully saturated rings. The van der Waals surface area contributed by atoms with Gasteiger partial charge >= 0.3 is 0 Å². The summed E-state index contributed by atoms with van der Waals surface area (Å²) >= 11 is 0. The third-order valence-corrected chi connectivity index (χ3v) is 3.71. The van der Waals surface area contributed by atoms with Crippen LogP contribution in [0.3, 0.4) is 0 Å². The van der Waals surface area contributed by atoms with Crippen molar-refractivity contribution < 1.29 is 0 Å². The second-order valence-electron chi connectivity index (χ2n) is 4.98. The van der Waals surface area contributed by atoms with Crippen molar-refractivity contribution in [2.45, 2.75) is 32.1 Å². The van der Waals surface area contributed by atoms with E-state index in [9.17, 15) is 0 Å². The molecule has 3 rings (SSSR count). The minimum Gasteiger partial charge on any atom is -0.317 e. The van der Waals surface area contributed by atoms with Gasteiger partial charge < -0.3 is 5.32 Å². The Labute approximate surface area is 113 Å². The summed E-state index contributed by atoms with van der Waals surface area (Å²) in [5.74, 6) is 1.32. The molecule has 1 aliphatic rings. The normalized spacial score (nSPS) is 16.7. The quantitative estimate of drug-likeness (QED) is 0.909. The Bertz CT molecular complexity index is 525. The molecule has 1 aliphatic heterocycles. The zero-order chi connectivity index (χ0) is 13.1. The van der Waals surface area contributed by atoms with Crippen LogP contribution in [-0.4, -0.2) is 33.3 Å². The number of aromatic nitrogens is 4. The summed E-state index contributed by atoms with van der Waals surface area (Å²) in [4.78, 5) is 1.64. The molecule has 0 aliphatic carbocycles. The Morgan fingerprint density at radius 2 is 1.95 bits per heavy atom. The first-order chi connectivity index (χ1) is 9.36. The number of nitrogens with one attached hydrogen (secondary N) is 1. The van der Waals surface area contributed by atoms with Gasteiger partial charge in [-0.25, -0.2) is 0 Å². The number of benzene rings is 1. The molecule has 0 amide bonds. The topological polar surface area (TPSA) is 55.6 Å². The molecule has 0 saturated carbocycles. The van der Waals surface area contributed by atoms with E-state index in [4.69, 9.17) is 0 Å². The van der Waals surface area contributed by atoms with Gasteiger partial charge in [-0.05, 0) is 55.3 Å². The predicted molar refractivity (Wildman–Crippen MR) is 73.4 cm³/mol. The third kappa shape index (κ3) is 2.66. The van der Waals surface area contributed by atoms with Crippen LogP contribution in [0.1, 0.15) is 37.1 Å². The lowest BCUT2D eigenvalue weighted by Crippen LogP contribution is -2.27. The van der Waals surface area contributed by atoms with Crippen LogP contribution in [0.5, 0.6) is 0 Å². The van der Waals surface area contributed by atoms with Crippen molar-refractivity contribution in [2.24, 2.45) is 0 Å². The Hall–Kier alpha value is -1.75. The van der Waals surface area contributed by atoms with E-state index in [0.29, 0.717) is 5.92 Å². The van der Waals surface area contributed by atoms with Crippen molar-refractivity contribution in [1.82, 2.24) is 25.5 Å². The summed E-state index contributed by atoms with van der Waals surface area (Å²) < 4.78 is 0. The molecule has 1 aromatic carbocycles. The van der Waals surface area contributed by atoms with Crippen molar-refractivity contribution >= 4 is 0 Å². The van der Waals surface area contributed by atoms with E-state index in [-0.39, 0.29) is 0 Å². The standard InChI is InChI=1S/C14H19N5/c1-2-11-3-5-13(6-4-11)19-17-14(16-18-19)12-7-9-15-10-8-12/h3-6,12,15H,2,7-10H2,1H3. The fraction of sp³-hybridized carbons (Fsp3) is 0.500. The first kappa shape index (κ1) is 12.3. The van der Waals surface area contributed by atoms with Gasteiger partial charge in [0.2, 0.25) is 0 Å². The molecule has 0 spiro atoms. The fourth-order valence-electron chi connectivity index (χ4n) is 2.44. The van der Waals surface area contributed by atoms with E-state index < -0.39 is 0 Å². The van der Waals surface area contributed by atoms with E-state index in [1.807, 2.05) is 12.1 Å². The van der Waals surface area contributed by atoms with Crippen LogP contribution in [0, 0.1) is 0 Å². The highest BCUT2D eigenvalue weighted by Crippen LogP contribution is 2.21. The number of piperidine rings is 1. The van der Waals surface area contributed by atoms with E-state index in [2.05, 4.69) is 39.8 Å². The van der Waals surface area contributed by atoms with Crippen molar-refractivity contribution in [3.8, 4) is 5.69 Å². The average Bonchev–Trinajstić information content (AvgIpc) is 2.98. The van der Waals surface area contributed by atoms with Crippen LogP contribution in [-0.2, 0) is 6.42 Å². The summed E-state index contributed by atoms with van der Waals surface area (Å²) in [6.07, 6.45) is 3.24. The maximum absolute atomic E-state index is 4.53. The van der Waals surface area contributed by atoms with Gasteiger partial charge in [-0.3, -0.25) is 0 Å². The monoisotopic (exact) mass is 257 g/mol. The lowest BCUT2D eigenvalue weighted by Gasteiger charge is -2.18. The number of tetrazole rings is 1. The molecule has 0 bridgehead atoms. The van der Waals surface area contributed by atoms with Gasteiger partial charge in [0.15, 0.2) is 5.82 Å². The summed E-state index contributed by atoms with van der Waals surface area (Å²) in [5.41, 5.74) is 2.30. The van der Waals surface area contributed by atoms with E-state index in [1.54, 1.807) is 4.80 Å². The predicted octanol–water partition coefficient (Wildman–Crippen LogP) is 1.69. The SMILES string of the molecule is CCc1ccc(-n2nnc(C3CCNCC3)n2)cc1. The largest absolute Gasteiger partial charge is 0.317 e. The Balaban J connectivity index is 1.79. The van der Waals surface area contributed by atoms with Crippen LogP contribution < -0.4 is 5.32 Å². The minimum absolute atomic E-state index is 0.449. The molecule has 2 aromatic rings. The summed E-state index contributed by atoms with van der Waals surface area (Å²) in [6, 6.07) is 8.32. The first-order valence-corrected chi connectivity index (χ1v) is 6.97. The Kier molecular flexibility index (Phi) is 3.55. The summed E-state index contributed by atoms with van der Waals surface area (Å²) in [7, 11) is 0. The molecular formula is C14H19N5. The molecule has 0 unspecified atom stereocenters. The van der Waals surface area contributed by atoms with Crippen molar-refractivity contribution in [3.05, 3.63) is 35.7 Å². The maximum atomic E-state index is 4.53. The van der Waals surface area contributed by atoms with Gasteiger partial charge in [0.25, 0.3) is 0 Å². The van der Waals surface area contributed by atoms with Gasteiger partial charge in [-0.1, -0.05) is 19.1 Å². The van der Waals surface area contributed by atoms with Gasteiger partial charge in [0, 0.05) is 5.92 Å². The van der Waals surface area contributed by atoms with Crippen LogP contribution >= 0.6 is 0 Å². The molecule has 1 aromatic heterocycles. The fourth-order valence-corrected chi connectivity index (χ4v) is 2.44. The summed E-state index contributed by atoms with van der Waals surface area (Å²) in [5, 5.41) is 16.3. The lowest BCUT2D eigenvalue weighted by molar-refractivity contribution is 0.444. The highest BCUT2D eigenvalue weighted by atomic mass is 15.6. The molecule has 5 nitrogen and oxygen atoms in total. The zero-order valence-corrected chi connectivity index (χ0v) is 11.2. The molecule has 2 heterocycles. The molecule has 100 valence electrons. The van der Waals surface area contributed by atoms with E-state index in [0.717, 1.165) is 43.9 Å². The first-order valence-electron chi connectivity index (χ1n) is 6.97. The average molecular weight is 257 g/mol. The molecule has 1 N–H and O–H groups in total. The second kappa shape index (κ2) is 5.48. The van der Waals surface area contributed by atoms with Gasteiger partial charge in [-0.2, -0.15) is 0 Å². The van der Waals surface area contributed by atoms with Crippen LogP contribution in [0.25, 0.3) is 5.69 Å². The molecular weight excluding hydrogens is 238 g/mol.